The second-order valence-corrected chi connectivity index (χ2v) is 6.50. The minimum absolute atomic E-state index is 0.126. The van der Waals surface area contributed by atoms with Gasteiger partial charge in [-0.25, -0.2) is 14.8 Å². The fraction of sp³-hybridized carbons (Fsp3) is 0.294. The summed E-state index contributed by atoms with van der Waals surface area (Å²) in [6.45, 7) is 4.20. The minimum Gasteiger partial charge on any atom is -0.460 e. The highest BCUT2D eigenvalue weighted by Crippen LogP contribution is 2.27. The molecule has 4 N–H and O–H groups in total. The number of nitrogens with zero attached hydrogens (tertiary/aromatic N) is 3. The Kier molecular flexibility index (Phi) is 5.65. The zero-order valence-electron chi connectivity index (χ0n) is 15.1. The molecule has 1 amide bonds. The zero-order valence-corrected chi connectivity index (χ0v) is 15.9. The van der Waals surface area contributed by atoms with E-state index in [1.807, 2.05) is 28.8 Å². The predicted molar refractivity (Wildman–Crippen MR) is 102 cm³/mol. The van der Waals surface area contributed by atoms with E-state index in [9.17, 15) is 9.59 Å². The highest BCUT2D eigenvalue weighted by molar-refractivity contribution is 8.12. The molecule has 2 heterocycles. The maximum absolute atomic E-state index is 12.0. The summed E-state index contributed by atoms with van der Waals surface area (Å²) in [4.78, 5) is 26.5. The number of hydrogen-bond donors (Lipinski definition) is 3. The third-order valence-corrected chi connectivity index (χ3v) is 4.47. The first-order chi connectivity index (χ1) is 13.0. The number of fused-ring (bicyclic) bond motifs is 3. The van der Waals surface area contributed by atoms with Gasteiger partial charge in [0.25, 0.3) is 11.5 Å². The molecule has 2 aromatic rings. The molecule has 1 aromatic heterocycles. The standard InChI is InChI=1S/C17H20N6O3S/c1-3-15(24)21-27-17(18)20-23-10-14-19-11(16(25)26-4-2)9-22(14)12-7-5-6-8-13(12)23/h5-9H,3-4,10H2,1-2H3,(H3,18,20,21,24)/p+1. The first-order valence-electron chi connectivity index (χ1n) is 8.50. The van der Waals surface area contributed by atoms with Crippen LogP contribution in [0.1, 0.15) is 36.6 Å². The van der Waals surface area contributed by atoms with Gasteiger partial charge in [-0.15, -0.1) is 5.10 Å². The Morgan fingerprint density at radius 1 is 1.41 bits per heavy atom. The number of nitrogens with two attached hydrogens (primary N) is 1. The Morgan fingerprint density at radius 2 is 2.19 bits per heavy atom. The molecule has 1 aliphatic heterocycles. The molecular weight excluding hydrogens is 368 g/mol. The molecule has 0 aliphatic carbocycles. The van der Waals surface area contributed by atoms with Gasteiger partial charge in [0.2, 0.25) is 5.91 Å². The van der Waals surface area contributed by atoms with E-state index in [1.165, 1.54) is 0 Å². The van der Waals surface area contributed by atoms with Crippen molar-refractivity contribution in [3.05, 3.63) is 42.0 Å². The molecule has 0 unspecified atom stereocenters. The molecule has 1 aromatic carbocycles. The van der Waals surface area contributed by atoms with Gasteiger partial charge in [-0.05, 0) is 19.1 Å². The molecule has 0 saturated heterocycles. The molecule has 0 fully saturated rings. The van der Waals surface area contributed by atoms with Crippen LogP contribution in [0, 0.1) is 0 Å². The summed E-state index contributed by atoms with van der Waals surface area (Å²) in [5, 5.41) is 6.32. The zero-order chi connectivity index (χ0) is 19.4. The van der Waals surface area contributed by atoms with Crippen LogP contribution in [-0.2, 0) is 16.1 Å². The molecular formula is C17H21N6O3S+. The molecule has 9 nitrogen and oxygen atoms in total. The van der Waals surface area contributed by atoms with Gasteiger partial charge in [0.15, 0.2) is 17.1 Å². The number of H-pyrrole nitrogens is 1. The normalized spacial score (nSPS) is 13.0. The third-order valence-electron chi connectivity index (χ3n) is 3.85. The van der Waals surface area contributed by atoms with E-state index in [4.69, 9.17) is 10.5 Å². The number of amidine groups is 1. The predicted octanol–water partition coefficient (Wildman–Crippen LogP) is 1.19. The van der Waals surface area contributed by atoms with Gasteiger partial charge in [0.1, 0.15) is 12.2 Å². The summed E-state index contributed by atoms with van der Waals surface area (Å²) >= 11 is 0.971. The number of rotatable bonds is 4. The molecule has 0 atom stereocenters. The number of ether oxygens (including phenoxy) is 1. The Balaban J connectivity index is 1.90. The summed E-state index contributed by atoms with van der Waals surface area (Å²) in [5.74, 6) is 0.221. The Labute approximate surface area is 160 Å². The number of nitrogens with one attached hydrogen (secondary N) is 2. The Hall–Kier alpha value is -3.01. The highest BCUT2D eigenvalue weighted by Gasteiger charge is 2.32. The number of aromatic amines is 1. The van der Waals surface area contributed by atoms with E-state index in [0.29, 0.717) is 25.3 Å². The van der Waals surface area contributed by atoms with Crippen LogP contribution < -0.4 is 20.0 Å². The summed E-state index contributed by atoms with van der Waals surface area (Å²) < 4.78 is 9.58. The maximum atomic E-state index is 12.0. The quantitative estimate of drug-likeness (QED) is 0.238. The lowest BCUT2D eigenvalue weighted by atomic mass is 10.2. The fourth-order valence-corrected chi connectivity index (χ4v) is 3.12. The average molecular weight is 389 g/mol. The average Bonchev–Trinajstić information content (AvgIpc) is 3.11. The van der Waals surface area contributed by atoms with Gasteiger partial charge >= 0.3 is 5.97 Å². The van der Waals surface area contributed by atoms with Crippen LogP contribution in [0.2, 0.25) is 0 Å². The van der Waals surface area contributed by atoms with Crippen molar-refractivity contribution in [1.29, 1.82) is 0 Å². The highest BCUT2D eigenvalue weighted by atomic mass is 32.2. The largest absolute Gasteiger partial charge is 0.460 e. The van der Waals surface area contributed by atoms with E-state index < -0.39 is 5.97 Å². The number of hydrogen-bond acceptors (Lipinski definition) is 6. The van der Waals surface area contributed by atoms with Crippen molar-refractivity contribution in [2.24, 2.45) is 10.8 Å². The number of anilines is 1. The Bertz CT molecular complexity index is 895. The number of imidazole rings is 1. The van der Waals surface area contributed by atoms with Crippen LogP contribution in [0.15, 0.2) is 35.6 Å². The smallest absolute Gasteiger partial charge is 0.382 e. The minimum atomic E-state index is -0.413. The molecule has 27 heavy (non-hydrogen) atoms. The molecule has 0 bridgehead atoms. The van der Waals surface area contributed by atoms with Crippen molar-refractivity contribution in [2.75, 3.05) is 11.6 Å². The number of hydrazone groups is 1. The summed E-state index contributed by atoms with van der Waals surface area (Å²) in [7, 11) is 0. The molecule has 1 aliphatic rings. The van der Waals surface area contributed by atoms with Crippen molar-refractivity contribution in [2.45, 2.75) is 26.8 Å². The van der Waals surface area contributed by atoms with E-state index in [1.54, 1.807) is 25.1 Å². The van der Waals surface area contributed by atoms with Crippen molar-refractivity contribution in [3.8, 4) is 5.69 Å². The first-order valence-corrected chi connectivity index (χ1v) is 9.32. The van der Waals surface area contributed by atoms with Gasteiger partial charge in [-0.1, -0.05) is 19.1 Å². The van der Waals surface area contributed by atoms with Crippen LogP contribution in [0.25, 0.3) is 5.69 Å². The van der Waals surface area contributed by atoms with Crippen molar-refractivity contribution in [1.82, 2.24) is 9.71 Å². The van der Waals surface area contributed by atoms with Crippen molar-refractivity contribution in [3.63, 3.8) is 0 Å². The molecule has 0 radical (unpaired) electrons. The van der Waals surface area contributed by atoms with Gasteiger partial charge in [-0.3, -0.25) is 9.52 Å². The lowest BCUT2D eigenvalue weighted by Crippen LogP contribution is -2.42. The third kappa shape index (κ3) is 4.05. The summed E-state index contributed by atoms with van der Waals surface area (Å²) in [6, 6.07) is 7.63. The van der Waals surface area contributed by atoms with E-state index >= 15 is 0 Å². The lowest BCUT2D eigenvalue weighted by Gasteiger charge is -2.23. The van der Waals surface area contributed by atoms with E-state index in [2.05, 4.69) is 14.8 Å². The number of carbonyl (C=O) groups is 2. The van der Waals surface area contributed by atoms with E-state index in [-0.39, 0.29) is 11.1 Å². The SMILES string of the molecule is CCOC(=O)c1c[n+]2c([nH]1)CN(N=C(N)SNC(=O)CC)c1ccccc1-2. The van der Waals surface area contributed by atoms with Crippen molar-refractivity contribution >= 4 is 34.7 Å². The number of benzene rings is 1. The summed E-state index contributed by atoms with van der Waals surface area (Å²) in [6.07, 6.45) is 2.08. The van der Waals surface area contributed by atoms with Gasteiger partial charge in [-0.2, -0.15) is 4.57 Å². The molecule has 0 spiro atoms. The molecule has 0 saturated carbocycles. The van der Waals surface area contributed by atoms with Crippen LogP contribution in [0.4, 0.5) is 5.69 Å². The second kappa shape index (κ2) is 8.12. The first kappa shape index (κ1) is 18.8. The maximum Gasteiger partial charge on any atom is 0.382 e. The molecule has 142 valence electrons. The van der Waals surface area contributed by atoms with Crippen molar-refractivity contribution < 1.29 is 18.9 Å². The van der Waals surface area contributed by atoms with Gasteiger partial charge in [0, 0.05) is 18.4 Å². The van der Waals surface area contributed by atoms with Crippen LogP contribution in [0.5, 0.6) is 0 Å². The molecule has 10 heteroatoms. The number of aromatic nitrogens is 2. The lowest BCUT2D eigenvalue weighted by molar-refractivity contribution is -0.604. The number of esters is 1. The molecule has 3 rings (SSSR count). The van der Waals surface area contributed by atoms with E-state index in [0.717, 1.165) is 29.1 Å². The van der Waals surface area contributed by atoms with Crippen LogP contribution in [0.3, 0.4) is 0 Å². The summed E-state index contributed by atoms with van der Waals surface area (Å²) in [5.41, 5.74) is 7.99. The van der Waals surface area contributed by atoms with Gasteiger partial charge < -0.3 is 10.5 Å². The fourth-order valence-electron chi connectivity index (χ4n) is 2.62. The van der Waals surface area contributed by atoms with Crippen LogP contribution in [-0.4, -0.2) is 28.6 Å². The monoisotopic (exact) mass is 389 g/mol. The Morgan fingerprint density at radius 3 is 2.93 bits per heavy atom. The topological polar surface area (TPSA) is 117 Å². The van der Waals surface area contributed by atoms with Crippen LogP contribution >= 0.6 is 11.9 Å². The number of amides is 1. The second-order valence-electron chi connectivity index (χ2n) is 5.67. The van der Waals surface area contributed by atoms with Gasteiger partial charge in [0.05, 0.1) is 6.61 Å². The number of carbonyl (C=O) groups excluding carboxylic acids is 2. The number of para-hydroxylation sites is 2.